The molecule has 0 aliphatic carbocycles. The molecule has 3 heterocycles. The fraction of sp³-hybridized carbons (Fsp3) is 0.562. The van der Waals surface area contributed by atoms with Crippen LogP contribution < -0.4 is 4.90 Å². The topological polar surface area (TPSA) is 67.1 Å². The first-order chi connectivity index (χ1) is 10.6. The highest BCUT2D eigenvalue weighted by Gasteiger charge is 2.34. The van der Waals surface area contributed by atoms with Gasteiger partial charge in [-0.15, -0.1) is 0 Å². The Labute approximate surface area is 130 Å². The third-order valence-electron chi connectivity index (χ3n) is 4.33. The Bertz CT molecular complexity index is 639. The maximum Gasteiger partial charge on any atom is 0.133 e. The van der Waals surface area contributed by atoms with Crippen LogP contribution in [0, 0.1) is 5.92 Å². The van der Waals surface area contributed by atoms with Gasteiger partial charge in [0.05, 0.1) is 6.20 Å². The van der Waals surface area contributed by atoms with Gasteiger partial charge in [0, 0.05) is 56.9 Å². The number of hydrogen-bond acceptors (Lipinski definition) is 5. The van der Waals surface area contributed by atoms with Gasteiger partial charge in [-0.05, 0) is 11.6 Å². The van der Waals surface area contributed by atoms with Crippen LogP contribution >= 0.6 is 0 Å². The summed E-state index contributed by atoms with van der Waals surface area (Å²) in [5, 5.41) is 14.0. The Hall–Kier alpha value is -1.95. The summed E-state index contributed by atoms with van der Waals surface area (Å²) in [5.41, 5.74) is 1.18. The average molecular weight is 301 g/mol. The zero-order chi connectivity index (χ0) is 15.7. The molecule has 1 fully saturated rings. The van der Waals surface area contributed by atoms with E-state index < -0.39 is 0 Å². The van der Waals surface area contributed by atoms with Crippen molar-refractivity contribution < 1.29 is 5.11 Å². The van der Waals surface area contributed by atoms with E-state index in [4.69, 9.17) is 0 Å². The van der Waals surface area contributed by atoms with Crippen LogP contribution in [-0.4, -0.2) is 44.6 Å². The van der Waals surface area contributed by atoms with Gasteiger partial charge in [0.1, 0.15) is 11.6 Å². The van der Waals surface area contributed by atoms with Crippen molar-refractivity contribution in [1.82, 2.24) is 19.7 Å². The molecule has 0 spiro atoms. The molecule has 1 N–H and O–H groups in total. The first kappa shape index (κ1) is 15.0. The molecule has 118 valence electrons. The molecule has 0 radical (unpaired) electrons. The fourth-order valence-corrected chi connectivity index (χ4v) is 3.07. The lowest BCUT2D eigenvalue weighted by Crippen LogP contribution is -2.22. The van der Waals surface area contributed by atoms with E-state index in [9.17, 15) is 5.11 Å². The van der Waals surface area contributed by atoms with Gasteiger partial charge in [-0.3, -0.25) is 4.68 Å². The van der Waals surface area contributed by atoms with Crippen LogP contribution in [0.2, 0.25) is 0 Å². The van der Waals surface area contributed by atoms with Crippen molar-refractivity contribution in [2.24, 2.45) is 13.0 Å². The summed E-state index contributed by atoms with van der Waals surface area (Å²) in [4.78, 5) is 11.2. The van der Waals surface area contributed by atoms with Crippen molar-refractivity contribution in [3.8, 4) is 0 Å². The molecule has 22 heavy (non-hydrogen) atoms. The molecule has 2 aromatic rings. The number of aliphatic hydroxyl groups excluding tert-OH is 1. The normalized spacial score (nSPS) is 21.8. The van der Waals surface area contributed by atoms with Crippen LogP contribution in [0.25, 0.3) is 0 Å². The molecule has 0 saturated carbocycles. The number of hydrogen-bond donors (Lipinski definition) is 1. The van der Waals surface area contributed by atoms with Crippen LogP contribution in [-0.2, 0) is 7.05 Å². The Kier molecular flexibility index (Phi) is 4.11. The molecular weight excluding hydrogens is 278 g/mol. The molecule has 6 heteroatoms. The molecule has 0 amide bonds. The summed E-state index contributed by atoms with van der Waals surface area (Å²) in [5.74, 6) is 2.62. The molecule has 2 aromatic heterocycles. The van der Waals surface area contributed by atoms with Gasteiger partial charge in [-0.1, -0.05) is 13.8 Å². The summed E-state index contributed by atoms with van der Waals surface area (Å²) < 4.78 is 1.81. The Balaban J connectivity index is 1.83. The number of aromatic nitrogens is 4. The van der Waals surface area contributed by atoms with Gasteiger partial charge in [0.2, 0.25) is 0 Å². The molecule has 0 bridgehead atoms. The Morgan fingerprint density at radius 3 is 2.82 bits per heavy atom. The van der Waals surface area contributed by atoms with E-state index in [1.807, 2.05) is 36.4 Å². The predicted octanol–water partition coefficient (Wildman–Crippen LogP) is 1.55. The highest BCUT2D eigenvalue weighted by molar-refractivity contribution is 5.41. The zero-order valence-corrected chi connectivity index (χ0v) is 13.3. The molecule has 1 aliphatic rings. The third kappa shape index (κ3) is 2.83. The molecule has 2 atom stereocenters. The second kappa shape index (κ2) is 6.04. The van der Waals surface area contributed by atoms with Crippen LogP contribution in [0.3, 0.4) is 0 Å². The summed E-state index contributed by atoms with van der Waals surface area (Å²) >= 11 is 0. The first-order valence-corrected chi connectivity index (χ1v) is 7.75. The minimum atomic E-state index is 0.179. The zero-order valence-electron chi connectivity index (χ0n) is 13.3. The number of nitrogens with zero attached hydrogens (tertiary/aromatic N) is 5. The lowest BCUT2D eigenvalue weighted by Gasteiger charge is -2.18. The van der Waals surface area contributed by atoms with E-state index in [-0.39, 0.29) is 18.4 Å². The van der Waals surface area contributed by atoms with Crippen molar-refractivity contribution in [3.63, 3.8) is 0 Å². The maximum absolute atomic E-state index is 9.73. The average Bonchev–Trinajstić information content (AvgIpc) is 3.13. The maximum atomic E-state index is 9.73. The fourth-order valence-electron chi connectivity index (χ4n) is 3.07. The number of anilines is 1. The van der Waals surface area contributed by atoms with E-state index in [0.717, 1.165) is 24.7 Å². The van der Waals surface area contributed by atoms with Crippen LogP contribution in [0.5, 0.6) is 0 Å². The minimum Gasteiger partial charge on any atom is -0.396 e. The van der Waals surface area contributed by atoms with Crippen molar-refractivity contribution in [3.05, 3.63) is 36.0 Å². The Morgan fingerprint density at radius 1 is 1.36 bits per heavy atom. The number of aliphatic hydroxyl groups is 1. The molecule has 1 saturated heterocycles. The first-order valence-electron chi connectivity index (χ1n) is 7.75. The summed E-state index contributed by atoms with van der Waals surface area (Å²) in [6, 6.07) is 1.95. The van der Waals surface area contributed by atoms with Crippen molar-refractivity contribution >= 4 is 5.82 Å². The monoisotopic (exact) mass is 301 g/mol. The lowest BCUT2D eigenvalue weighted by atomic mass is 9.92. The van der Waals surface area contributed by atoms with E-state index >= 15 is 0 Å². The standard InChI is InChI=1S/C16H23N5O/c1-11(2)16-17-5-4-15(19-16)21-8-13(10-22)14(9-21)12-6-18-20(3)7-12/h4-7,11,13-14,22H,8-10H2,1-3H3/t13-,14-/m0/s1. The summed E-state index contributed by atoms with van der Waals surface area (Å²) in [6.45, 7) is 6.03. The predicted molar refractivity (Wildman–Crippen MR) is 84.9 cm³/mol. The second-order valence-electron chi connectivity index (χ2n) is 6.33. The third-order valence-corrected chi connectivity index (χ3v) is 4.33. The molecular formula is C16H23N5O. The SMILES string of the molecule is CC(C)c1nccc(N2C[C@@H](CO)[C@H](c3cnn(C)c3)C2)n1. The van der Waals surface area contributed by atoms with Gasteiger partial charge in [0.25, 0.3) is 0 Å². The second-order valence-corrected chi connectivity index (χ2v) is 6.33. The van der Waals surface area contributed by atoms with Gasteiger partial charge < -0.3 is 10.0 Å². The van der Waals surface area contributed by atoms with Crippen molar-refractivity contribution in [2.45, 2.75) is 25.7 Å². The highest BCUT2D eigenvalue weighted by Crippen LogP contribution is 2.34. The summed E-state index contributed by atoms with van der Waals surface area (Å²) in [6.07, 6.45) is 5.76. The summed E-state index contributed by atoms with van der Waals surface area (Å²) in [7, 11) is 1.92. The van der Waals surface area contributed by atoms with Crippen molar-refractivity contribution in [1.29, 1.82) is 0 Å². The van der Waals surface area contributed by atoms with E-state index in [0.29, 0.717) is 5.92 Å². The van der Waals surface area contributed by atoms with Gasteiger partial charge in [-0.2, -0.15) is 5.10 Å². The lowest BCUT2D eigenvalue weighted by molar-refractivity contribution is 0.227. The van der Waals surface area contributed by atoms with Crippen LogP contribution in [0.15, 0.2) is 24.7 Å². The smallest absolute Gasteiger partial charge is 0.133 e. The molecule has 3 rings (SSSR count). The molecule has 6 nitrogen and oxygen atoms in total. The highest BCUT2D eigenvalue weighted by atomic mass is 16.3. The largest absolute Gasteiger partial charge is 0.396 e. The van der Waals surface area contributed by atoms with Gasteiger partial charge >= 0.3 is 0 Å². The van der Waals surface area contributed by atoms with Gasteiger partial charge in [-0.25, -0.2) is 9.97 Å². The van der Waals surface area contributed by atoms with Crippen LogP contribution in [0.4, 0.5) is 5.82 Å². The number of rotatable bonds is 4. The van der Waals surface area contributed by atoms with Crippen LogP contribution in [0.1, 0.15) is 37.1 Å². The molecule has 0 unspecified atom stereocenters. The quantitative estimate of drug-likeness (QED) is 0.928. The molecule has 0 aromatic carbocycles. The minimum absolute atomic E-state index is 0.179. The van der Waals surface area contributed by atoms with Crippen molar-refractivity contribution in [2.75, 3.05) is 24.6 Å². The number of aryl methyl sites for hydroxylation is 1. The molecule has 1 aliphatic heterocycles. The van der Waals surface area contributed by atoms with Gasteiger partial charge in [0.15, 0.2) is 0 Å². The Morgan fingerprint density at radius 2 is 2.18 bits per heavy atom. The van der Waals surface area contributed by atoms with E-state index in [1.54, 1.807) is 0 Å². The van der Waals surface area contributed by atoms with E-state index in [2.05, 4.69) is 33.8 Å². The van der Waals surface area contributed by atoms with E-state index in [1.165, 1.54) is 5.56 Å².